The van der Waals surface area contributed by atoms with Gasteiger partial charge in [-0.3, -0.25) is 9.89 Å². The molecule has 0 saturated carbocycles. The number of rotatable bonds is 5. The molecule has 0 bridgehead atoms. The van der Waals surface area contributed by atoms with E-state index in [0.29, 0.717) is 11.3 Å². The van der Waals surface area contributed by atoms with E-state index in [-0.39, 0.29) is 18.1 Å². The Morgan fingerprint density at radius 3 is 2.62 bits per heavy atom. The fourth-order valence-electron chi connectivity index (χ4n) is 2.77. The third-order valence-electron chi connectivity index (χ3n) is 4.09. The third kappa shape index (κ3) is 3.00. The zero-order valence-electron chi connectivity index (χ0n) is 13.7. The van der Waals surface area contributed by atoms with E-state index in [1.807, 2.05) is 54.6 Å². The van der Waals surface area contributed by atoms with Crippen molar-refractivity contribution in [3.05, 3.63) is 78.1 Å². The summed E-state index contributed by atoms with van der Waals surface area (Å²) in [5, 5.41) is 7.57. The molecule has 0 fully saturated rings. The van der Waals surface area contributed by atoms with E-state index in [1.165, 1.54) is 0 Å². The predicted octanol–water partition coefficient (Wildman–Crippen LogP) is 3.60. The number of benzene rings is 2. The lowest BCUT2D eigenvalue weighted by Crippen LogP contribution is -2.14. The quantitative estimate of drug-likeness (QED) is 0.427. The van der Waals surface area contributed by atoms with Gasteiger partial charge in [0.25, 0.3) is 0 Å². The van der Waals surface area contributed by atoms with Crippen molar-refractivity contribution in [1.82, 2.24) is 15.2 Å². The lowest BCUT2D eigenvalue weighted by molar-refractivity contribution is 0.0469. The van der Waals surface area contributed by atoms with E-state index < -0.39 is 5.97 Å². The van der Waals surface area contributed by atoms with Crippen LogP contribution in [0.3, 0.4) is 0 Å². The summed E-state index contributed by atoms with van der Waals surface area (Å²) in [6.45, 7) is -0.333. The van der Waals surface area contributed by atoms with Gasteiger partial charge in [0.15, 0.2) is 6.61 Å². The Morgan fingerprint density at radius 1 is 1.00 bits per heavy atom. The van der Waals surface area contributed by atoms with Crippen molar-refractivity contribution in [1.29, 1.82) is 0 Å². The van der Waals surface area contributed by atoms with Crippen LogP contribution in [-0.2, 0) is 4.74 Å². The maximum absolute atomic E-state index is 12.4. The van der Waals surface area contributed by atoms with Crippen LogP contribution in [0.1, 0.15) is 20.8 Å². The van der Waals surface area contributed by atoms with Gasteiger partial charge in [-0.15, -0.1) is 0 Å². The highest BCUT2D eigenvalue weighted by Crippen LogP contribution is 2.19. The summed E-state index contributed by atoms with van der Waals surface area (Å²) in [6, 6.07) is 18.6. The number of ether oxygens (including phenoxy) is 1. The van der Waals surface area contributed by atoms with Gasteiger partial charge in [0.1, 0.15) is 5.69 Å². The summed E-state index contributed by atoms with van der Waals surface area (Å²) in [7, 11) is 0. The third-order valence-corrected chi connectivity index (χ3v) is 4.09. The monoisotopic (exact) mass is 345 g/mol. The topological polar surface area (TPSA) is 87.8 Å². The Morgan fingerprint density at radius 2 is 1.77 bits per heavy atom. The average Bonchev–Trinajstić information content (AvgIpc) is 3.34. The van der Waals surface area contributed by atoms with Gasteiger partial charge >= 0.3 is 5.97 Å². The molecule has 0 aliphatic carbocycles. The summed E-state index contributed by atoms with van der Waals surface area (Å²) >= 11 is 0. The van der Waals surface area contributed by atoms with Gasteiger partial charge in [0.05, 0.1) is 5.69 Å². The molecule has 0 saturated heterocycles. The number of carbonyl (C=O) groups is 2. The van der Waals surface area contributed by atoms with Crippen LogP contribution < -0.4 is 0 Å². The normalized spacial score (nSPS) is 10.8. The van der Waals surface area contributed by atoms with Crippen LogP contribution in [0.5, 0.6) is 0 Å². The predicted molar refractivity (Wildman–Crippen MR) is 96.9 cm³/mol. The Labute approximate surface area is 148 Å². The molecule has 0 amide bonds. The van der Waals surface area contributed by atoms with Crippen molar-refractivity contribution in [2.24, 2.45) is 0 Å². The number of Topliss-reactive ketones (excluding diaryl/α,β-unsaturated/α-hetero) is 1. The summed E-state index contributed by atoms with van der Waals surface area (Å²) in [6.07, 6.45) is 1.63. The van der Waals surface area contributed by atoms with E-state index in [2.05, 4.69) is 15.2 Å². The van der Waals surface area contributed by atoms with E-state index >= 15 is 0 Å². The molecule has 6 heteroatoms. The summed E-state index contributed by atoms with van der Waals surface area (Å²) < 4.78 is 5.14. The highest BCUT2D eigenvalue weighted by Gasteiger charge is 2.17. The molecule has 0 unspecified atom stereocenters. The minimum Gasteiger partial charge on any atom is -0.453 e. The maximum atomic E-state index is 12.4. The van der Waals surface area contributed by atoms with Gasteiger partial charge in [-0.2, -0.15) is 5.10 Å². The second-order valence-electron chi connectivity index (χ2n) is 5.78. The Balaban J connectivity index is 1.44. The van der Waals surface area contributed by atoms with Crippen LogP contribution in [0.15, 0.2) is 66.9 Å². The number of para-hydroxylation sites is 1. The highest BCUT2D eigenvalue weighted by molar-refractivity contribution is 6.09. The molecular formula is C20H15N3O3. The number of carbonyl (C=O) groups excluding carboxylic acids is 2. The SMILES string of the molecule is O=C(OCC(=O)c1c[nH]c2ccccc12)c1cc(-c2ccccc2)n[nH]1. The number of hydrogen-bond acceptors (Lipinski definition) is 4. The largest absolute Gasteiger partial charge is 0.453 e. The number of H-pyrrole nitrogens is 2. The number of nitrogens with one attached hydrogen (secondary N) is 2. The molecule has 2 heterocycles. The first-order valence-electron chi connectivity index (χ1n) is 8.09. The summed E-state index contributed by atoms with van der Waals surface area (Å²) in [5.41, 5.74) is 3.10. The minimum atomic E-state index is -0.618. The van der Waals surface area contributed by atoms with Crippen molar-refractivity contribution >= 4 is 22.7 Å². The molecular weight excluding hydrogens is 330 g/mol. The van der Waals surface area contributed by atoms with E-state index in [0.717, 1.165) is 16.5 Å². The molecule has 26 heavy (non-hydrogen) atoms. The first-order valence-corrected chi connectivity index (χ1v) is 8.09. The molecule has 4 aromatic rings. The fourth-order valence-corrected chi connectivity index (χ4v) is 2.77. The molecule has 0 radical (unpaired) electrons. The summed E-state index contributed by atoms with van der Waals surface area (Å²) in [4.78, 5) is 27.6. The van der Waals surface area contributed by atoms with E-state index in [1.54, 1.807) is 12.3 Å². The average molecular weight is 345 g/mol. The number of ketones is 1. The molecule has 0 atom stereocenters. The van der Waals surface area contributed by atoms with Crippen LogP contribution in [0.4, 0.5) is 0 Å². The van der Waals surface area contributed by atoms with Gasteiger partial charge in [-0.25, -0.2) is 4.79 Å². The molecule has 2 N–H and O–H groups in total. The lowest BCUT2D eigenvalue weighted by Gasteiger charge is -2.02. The highest BCUT2D eigenvalue weighted by atomic mass is 16.5. The fraction of sp³-hybridized carbons (Fsp3) is 0.0500. The van der Waals surface area contributed by atoms with Crippen molar-refractivity contribution in [3.63, 3.8) is 0 Å². The van der Waals surface area contributed by atoms with Gasteiger partial charge < -0.3 is 9.72 Å². The number of hydrogen-bond donors (Lipinski definition) is 2. The van der Waals surface area contributed by atoms with Crippen molar-refractivity contribution < 1.29 is 14.3 Å². The molecule has 2 aromatic carbocycles. The Kier molecular flexibility index (Phi) is 4.07. The zero-order valence-corrected chi connectivity index (χ0v) is 13.7. The standard InChI is InChI=1S/C20H15N3O3/c24-19(15-11-21-16-9-5-4-8-14(15)16)12-26-20(25)18-10-17(22-23-18)13-6-2-1-3-7-13/h1-11,21H,12H2,(H,22,23). The molecule has 2 aromatic heterocycles. The maximum Gasteiger partial charge on any atom is 0.356 e. The van der Waals surface area contributed by atoms with Crippen LogP contribution in [0, 0.1) is 0 Å². The second kappa shape index (κ2) is 6.68. The summed E-state index contributed by atoms with van der Waals surface area (Å²) in [5.74, 6) is -0.883. The first kappa shape index (κ1) is 15.8. The Bertz CT molecular complexity index is 1080. The minimum absolute atomic E-state index is 0.204. The van der Waals surface area contributed by atoms with Gasteiger partial charge in [0, 0.05) is 28.2 Å². The first-order chi connectivity index (χ1) is 12.7. The number of fused-ring (bicyclic) bond motifs is 1. The van der Waals surface area contributed by atoms with Crippen molar-refractivity contribution in [2.75, 3.05) is 6.61 Å². The number of esters is 1. The molecule has 6 nitrogen and oxygen atoms in total. The van der Waals surface area contributed by atoms with Crippen molar-refractivity contribution in [2.45, 2.75) is 0 Å². The molecule has 4 rings (SSSR count). The molecule has 0 aliphatic rings. The number of nitrogens with zero attached hydrogens (tertiary/aromatic N) is 1. The van der Waals surface area contributed by atoms with Gasteiger partial charge in [-0.1, -0.05) is 48.5 Å². The van der Waals surface area contributed by atoms with Gasteiger partial charge in [-0.05, 0) is 12.1 Å². The van der Waals surface area contributed by atoms with Crippen LogP contribution in [-0.4, -0.2) is 33.5 Å². The lowest BCUT2D eigenvalue weighted by atomic mass is 10.1. The van der Waals surface area contributed by atoms with Gasteiger partial charge in [0.2, 0.25) is 5.78 Å². The van der Waals surface area contributed by atoms with E-state index in [9.17, 15) is 9.59 Å². The molecule has 0 aliphatic heterocycles. The molecule has 128 valence electrons. The molecule has 0 spiro atoms. The second-order valence-corrected chi connectivity index (χ2v) is 5.78. The van der Waals surface area contributed by atoms with E-state index in [4.69, 9.17) is 4.74 Å². The zero-order chi connectivity index (χ0) is 17.9. The van der Waals surface area contributed by atoms with Crippen molar-refractivity contribution in [3.8, 4) is 11.3 Å². The van der Waals surface area contributed by atoms with Crippen LogP contribution in [0.25, 0.3) is 22.2 Å². The van der Waals surface area contributed by atoms with Crippen LogP contribution >= 0.6 is 0 Å². The number of aromatic nitrogens is 3. The smallest absolute Gasteiger partial charge is 0.356 e. The van der Waals surface area contributed by atoms with Crippen LogP contribution in [0.2, 0.25) is 0 Å². The Hall–Kier alpha value is -3.67. The number of aromatic amines is 2.